The zero-order valence-corrected chi connectivity index (χ0v) is 26.6. The molecule has 50 heavy (non-hydrogen) atoms. The highest BCUT2D eigenvalue weighted by molar-refractivity contribution is 6.25. The Kier molecular flexibility index (Phi) is 4.51. The maximum atomic E-state index is 9.56. The van der Waals surface area contributed by atoms with E-state index in [9.17, 15) is 9.60 Å². The minimum atomic E-state index is -0.595. The molecule has 10 aromatic carbocycles. The third-order valence-electron chi connectivity index (χ3n) is 9.49. The fraction of sp³-hybridized carbons (Fsp3) is 0. The normalized spacial score (nSPS) is 14.7. The van der Waals surface area contributed by atoms with Crippen molar-refractivity contribution >= 4 is 53.9 Å². The lowest BCUT2D eigenvalue weighted by Crippen LogP contribution is -1.93. The summed E-state index contributed by atoms with van der Waals surface area (Å²) < 4.78 is 99.7. The number of benzene rings is 10. The van der Waals surface area contributed by atoms with E-state index in [1.165, 1.54) is 0 Å². The first kappa shape index (κ1) is 19.5. The maximum absolute atomic E-state index is 9.56. The molecular formula is C50H32. The number of rotatable bonds is 4. The Balaban J connectivity index is 1.38. The molecule has 0 amide bonds. The van der Waals surface area contributed by atoms with Crippen LogP contribution in [0.25, 0.3) is 98.4 Å². The molecule has 0 spiro atoms. The van der Waals surface area contributed by atoms with Gasteiger partial charge < -0.3 is 0 Å². The number of hydrogen-bond donors (Lipinski definition) is 0. The highest BCUT2D eigenvalue weighted by atomic mass is 14.2. The van der Waals surface area contributed by atoms with E-state index >= 15 is 0 Å². The molecule has 0 radical (unpaired) electrons. The van der Waals surface area contributed by atoms with Gasteiger partial charge in [-0.05, 0) is 129 Å². The average molecular weight is 644 g/mol. The first-order valence-corrected chi connectivity index (χ1v) is 16.5. The molecule has 0 unspecified atom stereocenters. The predicted molar refractivity (Wildman–Crippen MR) is 216 cm³/mol. The largest absolute Gasteiger partial charge is 0.0636 e. The fourth-order valence-corrected chi connectivity index (χ4v) is 7.26. The lowest BCUT2D eigenvalue weighted by Gasteiger charge is -2.20. The van der Waals surface area contributed by atoms with E-state index in [-0.39, 0.29) is 43.9 Å². The Morgan fingerprint density at radius 2 is 0.820 bits per heavy atom. The van der Waals surface area contributed by atoms with Gasteiger partial charge in [0.2, 0.25) is 0 Å². The van der Waals surface area contributed by atoms with Crippen molar-refractivity contribution in [3.05, 3.63) is 194 Å². The summed E-state index contributed by atoms with van der Waals surface area (Å²) in [5.74, 6) is 0. The molecule has 0 saturated carbocycles. The molecule has 232 valence electrons. The van der Waals surface area contributed by atoms with Crippen molar-refractivity contribution in [3.8, 4) is 44.5 Å². The van der Waals surface area contributed by atoms with Gasteiger partial charge in [-0.1, -0.05) is 164 Å². The van der Waals surface area contributed by atoms with Crippen LogP contribution in [-0.4, -0.2) is 0 Å². The third kappa shape index (κ3) is 4.61. The Bertz CT molecular complexity index is 3410. The van der Waals surface area contributed by atoms with Crippen LogP contribution in [0.15, 0.2) is 194 Å². The molecule has 0 atom stereocenters. The third-order valence-corrected chi connectivity index (χ3v) is 9.49. The standard InChI is InChI=1S/C50H32/c1-3-14-33(15-4-1)38-29-39(34-16-5-2-6-17-34)31-40(30-38)49-44-20-9-11-22-46(44)50(47-23-12-10-21-45(47)49)43-25-13-24-41-42(43)27-26-37-28-35-18-7-8-19-36(35)32-48(37)41/h1-32H/i7D,8D,13D,18D,19D,24D,25D,26D,27D,28D,32D. The van der Waals surface area contributed by atoms with Gasteiger partial charge >= 0.3 is 0 Å². The Morgan fingerprint density at radius 1 is 0.300 bits per heavy atom. The lowest BCUT2D eigenvalue weighted by atomic mass is 9.83. The summed E-state index contributed by atoms with van der Waals surface area (Å²) in [4.78, 5) is 0. The molecular weight excluding hydrogens is 601 g/mol. The number of fused-ring (bicyclic) bond motifs is 6. The Morgan fingerprint density at radius 3 is 1.42 bits per heavy atom. The smallest absolute Gasteiger partial charge is 0.0622 e. The van der Waals surface area contributed by atoms with Crippen LogP contribution in [0.1, 0.15) is 15.1 Å². The zero-order valence-electron chi connectivity index (χ0n) is 37.6. The predicted octanol–water partition coefficient (Wildman–Crippen LogP) is 14.1. The van der Waals surface area contributed by atoms with Gasteiger partial charge in [0.25, 0.3) is 0 Å². The summed E-state index contributed by atoms with van der Waals surface area (Å²) in [5.41, 5.74) is 6.63. The molecule has 10 rings (SSSR count). The highest BCUT2D eigenvalue weighted by Gasteiger charge is 2.19. The summed E-state index contributed by atoms with van der Waals surface area (Å²) in [6, 6.07) is 37.0. The van der Waals surface area contributed by atoms with E-state index in [0.717, 1.165) is 44.2 Å². The van der Waals surface area contributed by atoms with Crippen molar-refractivity contribution in [2.24, 2.45) is 0 Å². The summed E-state index contributed by atoms with van der Waals surface area (Å²) in [6.07, 6.45) is 0. The van der Waals surface area contributed by atoms with Crippen molar-refractivity contribution in [3.63, 3.8) is 0 Å². The quantitative estimate of drug-likeness (QED) is 0.132. The zero-order chi connectivity index (χ0) is 42.6. The molecule has 0 aromatic heterocycles. The molecule has 10 aromatic rings. The minimum absolute atomic E-state index is 0.0166. The first-order chi connectivity index (χ1) is 29.4. The fourth-order valence-electron chi connectivity index (χ4n) is 7.26. The highest BCUT2D eigenvalue weighted by Crippen LogP contribution is 2.47. The van der Waals surface area contributed by atoms with Gasteiger partial charge in [0, 0.05) is 0 Å². The van der Waals surface area contributed by atoms with Crippen LogP contribution >= 0.6 is 0 Å². The van der Waals surface area contributed by atoms with Crippen LogP contribution < -0.4 is 0 Å². The molecule has 0 fully saturated rings. The van der Waals surface area contributed by atoms with Gasteiger partial charge in [-0.25, -0.2) is 0 Å². The van der Waals surface area contributed by atoms with Crippen molar-refractivity contribution < 1.29 is 15.1 Å². The second-order valence-electron chi connectivity index (χ2n) is 12.4. The van der Waals surface area contributed by atoms with Gasteiger partial charge in [-0.15, -0.1) is 0 Å². The van der Waals surface area contributed by atoms with Crippen LogP contribution in [0.4, 0.5) is 0 Å². The molecule has 0 aliphatic carbocycles. The average Bonchev–Trinajstić information content (AvgIpc) is 3.29. The topological polar surface area (TPSA) is 0 Å². The summed E-state index contributed by atoms with van der Waals surface area (Å²) in [7, 11) is 0. The van der Waals surface area contributed by atoms with Crippen LogP contribution in [0.5, 0.6) is 0 Å². The van der Waals surface area contributed by atoms with E-state index < -0.39 is 60.4 Å². The number of hydrogen-bond acceptors (Lipinski definition) is 0. The second kappa shape index (κ2) is 11.6. The van der Waals surface area contributed by atoms with Crippen LogP contribution in [0.2, 0.25) is 0 Å². The van der Waals surface area contributed by atoms with E-state index in [0.29, 0.717) is 16.3 Å². The summed E-state index contributed by atoms with van der Waals surface area (Å²) in [5, 5.41) is 2.04. The van der Waals surface area contributed by atoms with Crippen molar-refractivity contribution in [2.75, 3.05) is 0 Å². The minimum Gasteiger partial charge on any atom is -0.0622 e. The van der Waals surface area contributed by atoms with E-state index in [4.69, 9.17) is 5.48 Å². The van der Waals surface area contributed by atoms with Gasteiger partial charge in [0.15, 0.2) is 0 Å². The molecule has 0 heteroatoms. The van der Waals surface area contributed by atoms with E-state index in [1.807, 2.05) is 84.9 Å². The maximum Gasteiger partial charge on any atom is 0.0636 e. The van der Waals surface area contributed by atoms with Crippen molar-refractivity contribution in [1.82, 2.24) is 0 Å². The molecule has 0 N–H and O–H groups in total. The van der Waals surface area contributed by atoms with Gasteiger partial charge in [-0.3, -0.25) is 0 Å². The van der Waals surface area contributed by atoms with Crippen molar-refractivity contribution in [2.45, 2.75) is 0 Å². The molecule has 0 saturated heterocycles. The van der Waals surface area contributed by atoms with E-state index in [1.54, 1.807) is 0 Å². The van der Waals surface area contributed by atoms with Gasteiger partial charge in [-0.2, -0.15) is 0 Å². The second-order valence-corrected chi connectivity index (χ2v) is 12.4. The summed E-state index contributed by atoms with van der Waals surface area (Å²) >= 11 is 0. The van der Waals surface area contributed by atoms with Crippen LogP contribution in [0.3, 0.4) is 0 Å². The van der Waals surface area contributed by atoms with E-state index in [2.05, 4.69) is 42.5 Å². The molecule has 0 aliphatic heterocycles. The lowest BCUT2D eigenvalue weighted by molar-refractivity contribution is 1.58. The van der Waals surface area contributed by atoms with Crippen LogP contribution in [0, 0.1) is 0 Å². The molecule has 0 aliphatic rings. The van der Waals surface area contributed by atoms with Gasteiger partial charge in [0.05, 0.1) is 15.1 Å². The molecule has 0 bridgehead atoms. The summed E-state index contributed by atoms with van der Waals surface area (Å²) in [6.45, 7) is 0. The van der Waals surface area contributed by atoms with Crippen LogP contribution in [-0.2, 0) is 0 Å². The Hall–Kier alpha value is -6.50. The SMILES string of the molecule is [2H]c1c([2H])c([2H])c2c([2H])c3c(c([2H])c([2H])c4c(-c5c6ccccc6c(-c6cc(-c7ccccc7)cc(-c7ccccc7)c6)c6ccccc56)c([2H])c([2H])c([2H])c43)c([2H])c2c1[2H]. The Labute approximate surface area is 307 Å². The first-order valence-electron chi connectivity index (χ1n) is 22.0. The monoisotopic (exact) mass is 643 g/mol. The molecule has 0 nitrogen and oxygen atoms in total. The molecule has 0 heterocycles. The van der Waals surface area contributed by atoms with Gasteiger partial charge in [0.1, 0.15) is 0 Å². The van der Waals surface area contributed by atoms with Crippen molar-refractivity contribution in [1.29, 1.82) is 0 Å².